The van der Waals surface area contributed by atoms with Crippen LogP contribution in [0.15, 0.2) is 218 Å². The molecule has 0 N–H and O–H groups in total. The van der Waals surface area contributed by atoms with Crippen LogP contribution in [0.2, 0.25) is 0 Å². The van der Waals surface area contributed by atoms with Crippen LogP contribution in [0, 0.1) is 0 Å². The summed E-state index contributed by atoms with van der Waals surface area (Å²) >= 11 is 0. The SMILES string of the molecule is C1=CC(c2cc(N3c4ccccc4Cc4ccccc43)nc(N3c4ccccc4Cc4ccccc43)n2)CC([Si](c2ccccc2)(c2ccccc2)c2ccccc2)=C1. The quantitative estimate of drug-likeness (QED) is 0.119. The molecule has 0 amide bonds. The van der Waals surface area contributed by atoms with Crippen LogP contribution in [-0.4, -0.2) is 18.0 Å². The Hall–Kier alpha value is -7.08. The lowest BCUT2D eigenvalue weighted by Gasteiger charge is -2.38. The molecule has 3 heterocycles. The summed E-state index contributed by atoms with van der Waals surface area (Å²) in [5.74, 6) is 1.55. The topological polar surface area (TPSA) is 32.3 Å². The van der Waals surface area contributed by atoms with Gasteiger partial charge in [-0.15, -0.1) is 0 Å². The van der Waals surface area contributed by atoms with Crippen molar-refractivity contribution in [1.29, 1.82) is 0 Å². The summed E-state index contributed by atoms with van der Waals surface area (Å²) in [4.78, 5) is 15.9. The summed E-state index contributed by atoms with van der Waals surface area (Å²) in [6.45, 7) is 0. The number of hydrogen-bond donors (Lipinski definition) is 0. The first kappa shape index (κ1) is 35.1. The van der Waals surface area contributed by atoms with Crippen molar-refractivity contribution in [1.82, 2.24) is 9.97 Å². The Kier molecular flexibility index (Phi) is 8.74. The summed E-state index contributed by atoms with van der Waals surface area (Å²) in [5, 5.41) is 5.59. The van der Waals surface area contributed by atoms with Crippen molar-refractivity contribution < 1.29 is 0 Å². The average Bonchev–Trinajstić information content (AvgIpc) is 3.31. The number of para-hydroxylation sites is 4. The molecule has 0 saturated heterocycles. The van der Waals surface area contributed by atoms with Crippen molar-refractivity contribution >= 4 is 58.1 Å². The van der Waals surface area contributed by atoms with E-state index in [0.717, 1.165) is 53.5 Å². The number of hydrogen-bond acceptors (Lipinski definition) is 4. The van der Waals surface area contributed by atoms with Crippen LogP contribution in [0.25, 0.3) is 0 Å². The van der Waals surface area contributed by atoms with E-state index in [0.29, 0.717) is 5.95 Å². The highest BCUT2D eigenvalue weighted by Crippen LogP contribution is 2.47. The molecule has 11 rings (SSSR count). The number of nitrogens with zero attached hydrogens (tertiary/aromatic N) is 4. The molecule has 0 bridgehead atoms. The molecule has 0 saturated carbocycles. The fourth-order valence-electron chi connectivity index (χ4n) is 9.77. The third-order valence-electron chi connectivity index (χ3n) is 12.4. The van der Waals surface area contributed by atoms with E-state index in [1.807, 2.05) is 0 Å². The number of allylic oxidation sites excluding steroid dienone is 4. The maximum Gasteiger partial charge on any atom is 0.236 e. The van der Waals surface area contributed by atoms with Crippen molar-refractivity contribution in [2.24, 2.45) is 0 Å². The first-order chi connectivity index (χ1) is 29.3. The average molecular weight is 775 g/mol. The van der Waals surface area contributed by atoms with Gasteiger partial charge in [0.2, 0.25) is 5.95 Å². The van der Waals surface area contributed by atoms with E-state index in [9.17, 15) is 0 Å². The lowest BCUT2D eigenvalue weighted by molar-refractivity contribution is 0.793. The molecule has 0 fully saturated rings. The molecule has 7 aromatic carbocycles. The van der Waals surface area contributed by atoms with Gasteiger partial charge in [0.1, 0.15) is 5.82 Å². The van der Waals surface area contributed by atoms with Gasteiger partial charge in [0.15, 0.2) is 8.07 Å². The van der Waals surface area contributed by atoms with Crippen molar-refractivity contribution in [2.45, 2.75) is 25.2 Å². The van der Waals surface area contributed by atoms with Gasteiger partial charge in [0.25, 0.3) is 0 Å². The van der Waals surface area contributed by atoms with Crippen LogP contribution in [0.1, 0.15) is 40.3 Å². The van der Waals surface area contributed by atoms with E-state index in [1.165, 1.54) is 43.0 Å². The standard InChI is InChI=1S/C54H42N4Si/c1-4-24-44(25-5-1)59(45-26-6-2-7-27-45,46-28-8-3-9-29-46)47-30-18-23-39(37-47)48-38-53(57-49-31-14-10-19-40(49)35-41-20-11-15-32-50(41)57)56-54(55-48)58-51-33-16-12-21-42(51)36-43-22-13-17-34-52(43)58/h1-34,38-39H,35-37H2. The molecule has 1 aliphatic carbocycles. The predicted molar refractivity (Wildman–Crippen MR) is 246 cm³/mol. The first-order valence-electron chi connectivity index (χ1n) is 20.6. The zero-order valence-corrected chi connectivity index (χ0v) is 33.7. The minimum atomic E-state index is -2.73. The Morgan fingerprint density at radius 2 is 0.847 bits per heavy atom. The van der Waals surface area contributed by atoms with Crippen LogP contribution in [0.4, 0.5) is 34.5 Å². The third kappa shape index (κ3) is 5.97. The number of aromatic nitrogens is 2. The van der Waals surface area contributed by atoms with Gasteiger partial charge in [-0.05, 0) is 68.5 Å². The summed E-state index contributed by atoms with van der Waals surface area (Å²) in [7, 11) is -2.73. The molecule has 0 radical (unpaired) electrons. The molecule has 1 unspecified atom stereocenters. The van der Waals surface area contributed by atoms with Crippen LogP contribution in [-0.2, 0) is 12.8 Å². The minimum Gasteiger partial charge on any atom is -0.294 e. The Bertz CT molecular complexity index is 2580. The van der Waals surface area contributed by atoms with E-state index >= 15 is 0 Å². The van der Waals surface area contributed by atoms with Gasteiger partial charge >= 0.3 is 0 Å². The Labute approximate surface area is 347 Å². The van der Waals surface area contributed by atoms with Crippen molar-refractivity contribution in [3.05, 3.63) is 245 Å². The summed E-state index contributed by atoms with van der Waals surface area (Å²) in [6.07, 6.45) is 9.64. The molecule has 8 aromatic rings. The molecular weight excluding hydrogens is 733 g/mol. The van der Waals surface area contributed by atoms with E-state index in [2.05, 4.69) is 222 Å². The van der Waals surface area contributed by atoms with Gasteiger partial charge in [-0.25, -0.2) is 4.98 Å². The number of benzene rings is 7. The monoisotopic (exact) mass is 774 g/mol. The van der Waals surface area contributed by atoms with E-state index in [4.69, 9.17) is 9.97 Å². The summed E-state index contributed by atoms with van der Waals surface area (Å²) in [5.41, 5.74) is 10.7. The van der Waals surface area contributed by atoms with Crippen LogP contribution < -0.4 is 25.4 Å². The second-order valence-electron chi connectivity index (χ2n) is 15.7. The van der Waals surface area contributed by atoms with Crippen LogP contribution in [0.5, 0.6) is 0 Å². The van der Waals surface area contributed by atoms with Crippen molar-refractivity contribution in [3.63, 3.8) is 0 Å². The highest BCUT2D eigenvalue weighted by molar-refractivity contribution is 7.16. The van der Waals surface area contributed by atoms with E-state index in [1.54, 1.807) is 0 Å². The lowest BCUT2D eigenvalue weighted by Crippen LogP contribution is -2.68. The Morgan fingerprint density at radius 1 is 0.441 bits per heavy atom. The number of fused-ring (bicyclic) bond motifs is 4. The normalized spacial score (nSPS) is 15.4. The van der Waals surface area contributed by atoms with Crippen molar-refractivity contribution in [3.8, 4) is 0 Å². The molecular formula is C54H42N4Si. The maximum absolute atomic E-state index is 5.65. The Balaban J connectivity index is 1.12. The molecule has 5 heteroatoms. The largest absolute Gasteiger partial charge is 0.294 e. The fourth-order valence-corrected chi connectivity index (χ4v) is 14.8. The summed E-state index contributed by atoms with van der Waals surface area (Å²) in [6, 6.07) is 70.9. The van der Waals surface area contributed by atoms with Gasteiger partial charge < -0.3 is 0 Å². The van der Waals surface area contributed by atoms with Gasteiger partial charge in [-0.3, -0.25) is 9.80 Å². The molecule has 282 valence electrons. The van der Waals surface area contributed by atoms with Gasteiger partial charge in [0, 0.05) is 24.8 Å². The van der Waals surface area contributed by atoms with Gasteiger partial charge in [-0.2, -0.15) is 4.98 Å². The lowest BCUT2D eigenvalue weighted by atomic mass is 9.94. The van der Waals surface area contributed by atoms with Gasteiger partial charge in [0.05, 0.1) is 28.4 Å². The number of rotatable bonds is 7. The molecule has 59 heavy (non-hydrogen) atoms. The minimum absolute atomic E-state index is 0.00377. The molecule has 2 aliphatic heterocycles. The summed E-state index contributed by atoms with van der Waals surface area (Å²) < 4.78 is 0. The predicted octanol–water partition coefficient (Wildman–Crippen LogP) is 10.9. The molecule has 1 aromatic heterocycles. The third-order valence-corrected chi connectivity index (χ3v) is 17.3. The Morgan fingerprint density at radius 3 is 1.31 bits per heavy atom. The fraction of sp³-hybridized carbons (Fsp3) is 0.0741. The van der Waals surface area contributed by atoms with Crippen molar-refractivity contribution in [2.75, 3.05) is 9.80 Å². The second-order valence-corrected chi connectivity index (χ2v) is 19.6. The number of anilines is 6. The molecule has 1 atom stereocenters. The highest BCUT2D eigenvalue weighted by Gasteiger charge is 2.44. The van der Waals surface area contributed by atoms with E-state index < -0.39 is 8.07 Å². The maximum atomic E-state index is 5.65. The molecule has 4 nitrogen and oxygen atoms in total. The van der Waals surface area contributed by atoms with Crippen LogP contribution >= 0.6 is 0 Å². The zero-order valence-electron chi connectivity index (χ0n) is 32.7. The molecule has 0 spiro atoms. The zero-order chi connectivity index (χ0) is 39.2. The van der Waals surface area contributed by atoms with Crippen LogP contribution in [0.3, 0.4) is 0 Å². The van der Waals surface area contributed by atoms with Gasteiger partial charge in [-0.1, -0.05) is 187 Å². The van der Waals surface area contributed by atoms with E-state index in [-0.39, 0.29) is 5.92 Å². The highest BCUT2D eigenvalue weighted by atomic mass is 28.3. The molecule has 3 aliphatic rings. The smallest absolute Gasteiger partial charge is 0.236 e. The second kappa shape index (κ2) is 14.7. The first-order valence-corrected chi connectivity index (χ1v) is 22.6.